The summed E-state index contributed by atoms with van der Waals surface area (Å²) in [4.78, 5) is 22.9. The van der Waals surface area contributed by atoms with Crippen molar-refractivity contribution < 1.29 is 27.9 Å². The predicted octanol–water partition coefficient (Wildman–Crippen LogP) is -0.400. The minimum Gasteiger partial charge on any atom is -0.496 e. The van der Waals surface area contributed by atoms with Crippen LogP contribution in [0.3, 0.4) is 0 Å². The number of carboxylic acid groups (broad SMARTS) is 1. The number of ether oxygens (including phenoxy) is 1. The van der Waals surface area contributed by atoms with Crippen LogP contribution in [0.2, 0.25) is 0 Å². The molecule has 0 saturated carbocycles. The fourth-order valence-electron chi connectivity index (χ4n) is 1.82. The van der Waals surface area contributed by atoms with Gasteiger partial charge in [0.25, 0.3) is 5.91 Å². The zero-order chi connectivity index (χ0) is 16.9. The molecule has 0 aliphatic heterocycles. The predicted molar refractivity (Wildman–Crippen MR) is 79.5 cm³/mol. The van der Waals surface area contributed by atoms with Gasteiger partial charge in [0.05, 0.1) is 18.9 Å². The highest BCUT2D eigenvalue weighted by Gasteiger charge is 2.19. The molecule has 1 atom stereocenters. The molecule has 0 fully saturated rings. The maximum Gasteiger partial charge on any atom is 0.321 e. The molecule has 1 aromatic carbocycles. The van der Waals surface area contributed by atoms with Gasteiger partial charge in [-0.3, -0.25) is 9.59 Å². The number of rotatable bonds is 7. The lowest BCUT2D eigenvalue weighted by atomic mass is 10.0. The van der Waals surface area contributed by atoms with E-state index < -0.39 is 27.9 Å². The average molecular weight is 330 g/mol. The highest BCUT2D eigenvalue weighted by Crippen LogP contribution is 2.21. The van der Waals surface area contributed by atoms with Crippen LogP contribution in [0.5, 0.6) is 5.75 Å². The van der Waals surface area contributed by atoms with E-state index in [4.69, 9.17) is 9.84 Å². The van der Waals surface area contributed by atoms with Crippen LogP contribution in [0, 0.1) is 0 Å². The molecule has 1 amide bonds. The maximum atomic E-state index is 11.9. The van der Waals surface area contributed by atoms with Crippen molar-refractivity contribution in [3.05, 3.63) is 29.3 Å². The second kappa shape index (κ2) is 7.23. The van der Waals surface area contributed by atoms with Gasteiger partial charge in [-0.15, -0.1) is 0 Å². The van der Waals surface area contributed by atoms with E-state index in [2.05, 4.69) is 5.32 Å². The van der Waals surface area contributed by atoms with Crippen LogP contribution in [-0.4, -0.2) is 51.9 Å². The number of aliphatic carboxylic acids is 1. The quantitative estimate of drug-likeness (QED) is 0.622. The van der Waals surface area contributed by atoms with E-state index in [0.717, 1.165) is 6.26 Å². The topological polar surface area (TPSA) is 122 Å². The first-order valence-corrected chi connectivity index (χ1v) is 8.16. The third-order valence-electron chi connectivity index (χ3n) is 2.88. The van der Waals surface area contributed by atoms with E-state index in [1.807, 2.05) is 4.72 Å². The van der Waals surface area contributed by atoms with Crippen LogP contribution in [0.1, 0.15) is 15.9 Å². The van der Waals surface area contributed by atoms with Gasteiger partial charge in [0.15, 0.2) is 0 Å². The molecule has 8 nitrogen and oxygen atoms in total. The highest BCUT2D eigenvalue weighted by molar-refractivity contribution is 7.89. The largest absolute Gasteiger partial charge is 0.496 e. The monoisotopic (exact) mass is 330 g/mol. The van der Waals surface area contributed by atoms with E-state index in [-0.39, 0.29) is 17.7 Å². The number of sulfonamides is 1. The average Bonchev–Trinajstić information content (AvgIpc) is 2.42. The van der Waals surface area contributed by atoms with E-state index in [9.17, 15) is 18.0 Å². The second-order valence-corrected chi connectivity index (χ2v) is 6.37. The Labute approximate surface area is 128 Å². The summed E-state index contributed by atoms with van der Waals surface area (Å²) < 4.78 is 29.1. The Hall–Kier alpha value is -2.13. The fourth-order valence-corrected chi connectivity index (χ4v) is 2.27. The van der Waals surface area contributed by atoms with Crippen molar-refractivity contribution in [1.29, 1.82) is 0 Å². The lowest BCUT2D eigenvalue weighted by molar-refractivity contribution is -0.139. The van der Waals surface area contributed by atoms with Gasteiger partial charge in [0.2, 0.25) is 10.0 Å². The molecule has 0 aliphatic rings. The number of benzene rings is 1. The molecule has 122 valence electrons. The van der Waals surface area contributed by atoms with E-state index in [0.29, 0.717) is 5.56 Å². The van der Waals surface area contributed by atoms with Crippen LogP contribution in [-0.2, 0) is 21.2 Å². The number of nitrogens with one attached hydrogen (secondary N) is 2. The summed E-state index contributed by atoms with van der Waals surface area (Å²) >= 11 is 0. The number of hydrogen-bond donors (Lipinski definition) is 3. The van der Waals surface area contributed by atoms with E-state index >= 15 is 0 Å². The second-order valence-electron chi connectivity index (χ2n) is 4.62. The number of methoxy groups -OCH3 is 1. The molecule has 0 heterocycles. The van der Waals surface area contributed by atoms with Crippen LogP contribution >= 0.6 is 0 Å². The van der Waals surface area contributed by atoms with Crippen molar-refractivity contribution >= 4 is 21.9 Å². The Bertz CT molecular complexity index is 671. The molecule has 0 unspecified atom stereocenters. The Balaban J connectivity index is 3.05. The SMILES string of the molecule is CN[C@@H](Cc1ccc(C(=O)NS(C)(=O)=O)c(OC)c1)C(=O)O. The van der Waals surface area contributed by atoms with Crippen molar-refractivity contribution in [3.63, 3.8) is 0 Å². The summed E-state index contributed by atoms with van der Waals surface area (Å²) in [5, 5.41) is 11.7. The molecule has 0 spiro atoms. The number of hydrogen-bond acceptors (Lipinski definition) is 6. The van der Waals surface area contributed by atoms with Crippen molar-refractivity contribution in [2.75, 3.05) is 20.4 Å². The molecule has 1 aromatic rings. The Kier molecular flexibility index (Phi) is 5.89. The minimum atomic E-state index is -3.68. The third kappa shape index (κ3) is 5.01. The molecular formula is C13H18N2O6S. The van der Waals surface area contributed by atoms with Gasteiger partial charge < -0.3 is 15.2 Å². The smallest absolute Gasteiger partial charge is 0.321 e. The first-order valence-electron chi connectivity index (χ1n) is 6.27. The number of carboxylic acids is 1. The van der Waals surface area contributed by atoms with Crippen LogP contribution in [0.15, 0.2) is 18.2 Å². The first kappa shape index (κ1) is 17.9. The van der Waals surface area contributed by atoms with Crippen molar-refractivity contribution in [2.24, 2.45) is 0 Å². The van der Waals surface area contributed by atoms with Crippen molar-refractivity contribution in [3.8, 4) is 5.75 Å². The van der Waals surface area contributed by atoms with Gasteiger partial charge in [-0.05, 0) is 31.2 Å². The minimum absolute atomic E-state index is 0.0491. The van der Waals surface area contributed by atoms with Crippen LogP contribution < -0.4 is 14.8 Å². The lowest BCUT2D eigenvalue weighted by Crippen LogP contribution is -2.35. The van der Waals surface area contributed by atoms with E-state index in [1.54, 1.807) is 6.07 Å². The normalized spacial score (nSPS) is 12.5. The van der Waals surface area contributed by atoms with E-state index in [1.165, 1.54) is 26.3 Å². The standard InChI is InChI=1S/C13H18N2O6S/c1-14-10(13(17)18)6-8-4-5-9(11(7-8)21-2)12(16)15-22(3,19)20/h4-5,7,10,14H,6H2,1-3H3,(H,15,16)(H,17,18)/t10-/m0/s1. The first-order chi connectivity index (χ1) is 10.2. The summed E-state index contributed by atoms with van der Waals surface area (Å²) in [5.74, 6) is -1.64. The highest BCUT2D eigenvalue weighted by atomic mass is 32.2. The Morgan fingerprint density at radius 1 is 1.36 bits per heavy atom. The number of amides is 1. The van der Waals surface area contributed by atoms with Gasteiger partial charge in [0.1, 0.15) is 11.8 Å². The molecular weight excluding hydrogens is 312 g/mol. The zero-order valence-electron chi connectivity index (χ0n) is 12.4. The van der Waals surface area contributed by atoms with Gasteiger partial charge >= 0.3 is 5.97 Å². The van der Waals surface area contributed by atoms with Gasteiger partial charge in [-0.1, -0.05) is 6.07 Å². The molecule has 1 rings (SSSR count). The zero-order valence-corrected chi connectivity index (χ0v) is 13.2. The number of likely N-dealkylation sites (N-methyl/N-ethyl adjacent to an activating group) is 1. The lowest BCUT2D eigenvalue weighted by Gasteiger charge is -2.14. The molecule has 0 bridgehead atoms. The maximum absolute atomic E-state index is 11.9. The molecule has 0 saturated heterocycles. The number of carbonyl (C=O) groups is 2. The fraction of sp³-hybridized carbons (Fsp3) is 0.385. The molecule has 22 heavy (non-hydrogen) atoms. The molecule has 0 radical (unpaired) electrons. The van der Waals surface area contributed by atoms with Crippen LogP contribution in [0.25, 0.3) is 0 Å². The molecule has 0 aromatic heterocycles. The summed E-state index contributed by atoms with van der Waals surface area (Å²) in [6.45, 7) is 0. The van der Waals surface area contributed by atoms with Gasteiger partial charge in [-0.2, -0.15) is 0 Å². The Morgan fingerprint density at radius 3 is 2.45 bits per heavy atom. The number of carbonyl (C=O) groups excluding carboxylic acids is 1. The van der Waals surface area contributed by atoms with Crippen LogP contribution in [0.4, 0.5) is 0 Å². The third-order valence-corrected chi connectivity index (χ3v) is 3.43. The van der Waals surface area contributed by atoms with Gasteiger partial charge in [0, 0.05) is 0 Å². The molecule has 0 aliphatic carbocycles. The van der Waals surface area contributed by atoms with Crippen molar-refractivity contribution in [2.45, 2.75) is 12.5 Å². The van der Waals surface area contributed by atoms with Crippen molar-refractivity contribution in [1.82, 2.24) is 10.0 Å². The molecule has 9 heteroatoms. The summed E-state index contributed by atoms with van der Waals surface area (Å²) in [6.07, 6.45) is 1.06. The summed E-state index contributed by atoms with van der Waals surface area (Å²) in [6, 6.07) is 3.67. The summed E-state index contributed by atoms with van der Waals surface area (Å²) in [5.41, 5.74) is 0.683. The van der Waals surface area contributed by atoms with Gasteiger partial charge in [-0.25, -0.2) is 13.1 Å². The Morgan fingerprint density at radius 2 is 2.00 bits per heavy atom. The molecule has 3 N–H and O–H groups in total. The summed E-state index contributed by atoms with van der Waals surface area (Å²) in [7, 11) is -0.816.